The Morgan fingerprint density at radius 1 is 1.43 bits per heavy atom. The molecule has 1 saturated heterocycles. The van der Waals surface area contributed by atoms with Gasteiger partial charge in [-0.15, -0.1) is 0 Å². The SMILES string of the molecule is CCCC(COC)NC1CCNCC1. The molecule has 1 unspecified atom stereocenters. The van der Waals surface area contributed by atoms with E-state index in [1.807, 2.05) is 0 Å². The normalized spacial score (nSPS) is 21.0. The number of ether oxygens (including phenoxy) is 1. The van der Waals surface area contributed by atoms with Crippen LogP contribution in [0.25, 0.3) is 0 Å². The summed E-state index contributed by atoms with van der Waals surface area (Å²) in [5.41, 5.74) is 0. The van der Waals surface area contributed by atoms with Gasteiger partial charge in [-0.1, -0.05) is 13.3 Å². The molecule has 3 nitrogen and oxygen atoms in total. The van der Waals surface area contributed by atoms with Gasteiger partial charge in [0.05, 0.1) is 6.61 Å². The Balaban J connectivity index is 2.21. The Labute approximate surface area is 87.6 Å². The van der Waals surface area contributed by atoms with E-state index in [9.17, 15) is 0 Å². The van der Waals surface area contributed by atoms with Crippen LogP contribution in [0.1, 0.15) is 32.6 Å². The van der Waals surface area contributed by atoms with Crippen LogP contribution < -0.4 is 10.6 Å². The monoisotopic (exact) mass is 200 g/mol. The predicted molar refractivity (Wildman–Crippen MR) is 59.6 cm³/mol. The molecule has 0 bridgehead atoms. The third-order valence-electron chi connectivity index (χ3n) is 2.82. The maximum Gasteiger partial charge on any atom is 0.0615 e. The second-order valence-corrected chi connectivity index (χ2v) is 4.13. The predicted octanol–water partition coefficient (Wildman–Crippen LogP) is 1.14. The molecule has 0 aliphatic carbocycles. The highest BCUT2D eigenvalue weighted by atomic mass is 16.5. The highest BCUT2D eigenvalue weighted by Crippen LogP contribution is 2.06. The molecule has 0 aromatic rings. The third kappa shape index (κ3) is 4.40. The summed E-state index contributed by atoms with van der Waals surface area (Å²) in [6.45, 7) is 5.39. The van der Waals surface area contributed by atoms with Crippen molar-refractivity contribution in [3.05, 3.63) is 0 Å². The summed E-state index contributed by atoms with van der Waals surface area (Å²) in [6, 6.07) is 1.25. The molecule has 1 fully saturated rings. The Hall–Kier alpha value is -0.120. The van der Waals surface area contributed by atoms with Gasteiger partial charge in [-0.2, -0.15) is 0 Å². The average Bonchev–Trinajstić information content (AvgIpc) is 2.20. The van der Waals surface area contributed by atoms with Gasteiger partial charge in [-0.25, -0.2) is 0 Å². The first-order chi connectivity index (χ1) is 6.86. The molecular formula is C11H24N2O. The Bertz CT molecular complexity index is 129. The van der Waals surface area contributed by atoms with Gasteiger partial charge in [0.1, 0.15) is 0 Å². The molecule has 0 saturated carbocycles. The van der Waals surface area contributed by atoms with Crippen molar-refractivity contribution in [2.75, 3.05) is 26.8 Å². The third-order valence-corrected chi connectivity index (χ3v) is 2.82. The minimum absolute atomic E-state index is 0.549. The van der Waals surface area contributed by atoms with Gasteiger partial charge >= 0.3 is 0 Å². The van der Waals surface area contributed by atoms with Crippen molar-refractivity contribution in [3.8, 4) is 0 Å². The lowest BCUT2D eigenvalue weighted by Gasteiger charge is -2.28. The molecule has 1 aliphatic heterocycles. The summed E-state index contributed by atoms with van der Waals surface area (Å²) in [6.07, 6.45) is 4.96. The number of methoxy groups -OCH3 is 1. The van der Waals surface area contributed by atoms with Crippen molar-refractivity contribution in [1.82, 2.24) is 10.6 Å². The zero-order chi connectivity index (χ0) is 10.2. The molecule has 0 radical (unpaired) electrons. The molecule has 1 rings (SSSR count). The van der Waals surface area contributed by atoms with Crippen LogP contribution in [-0.4, -0.2) is 38.9 Å². The van der Waals surface area contributed by atoms with Gasteiger partial charge in [0, 0.05) is 19.2 Å². The van der Waals surface area contributed by atoms with E-state index in [4.69, 9.17) is 4.74 Å². The summed E-state index contributed by atoms with van der Waals surface area (Å²) >= 11 is 0. The summed E-state index contributed by atoms with van der Waals surface area (Å²) in [7, 11) is 1.78. The van der Waals surface area contributed by atoms with E-state index in [0.29, 0.717) is 12.1 Å². The number of nitrogens with one attached hydrogen (secondary N) is 2. The molecule has 0 aromatic carbocycles. The molecule has 84 valence electrons. The number of rotatable bonds is 6. The molecule has 1 atom stereocenters. The smallest absolute Gasteiger partial charge is 0.0615 e. The first-order valence-corrected chi connectivity index (χ1v) is 5.82. The van der Waals surface area contributed by atoms with Gasteiger partial charge in [0.2, 0.25) is 0 Å². The summed E-state index contributed by atoms with van der Waals surface area (Å²) < 4.78 is 5.22. The molecule has 0 amide bonds. The van der Waals surface area contributed by atoms with Crippen LogP contribution in [0, 0.1) is 0 Å². The Morgan fingerprint density at radius 3 is 2.71 bits per heavy atom. The van der Waals surface area contributed by atoms with Crippen LogP contribution in [0.15, 0.2) is 0 Å². The van der Waals surface area contributed by atoms with Crippen LogP contribution in [0.5, 0.6) is 0 Å². The van der Waals surface area contributed by atoms with E-state index in [2.05, 4.69) is 17.6 Å². The first kappa shape index (κ1) is 12.0. The zero-order valence-electron chi connectivity index (χ0n) is 9.51. The van der Waals surface area contributed by atoms with E-state index in [0.717, 1.165) is 19.7 Å². The van der Waals surface area contributed by atoms with Crippen molar-refractivity contribution < 1.29 is 4.74 Å². The lowest BCUT2D eigenvalue weighted by Crippen LogP contribution is -2.46. The zero-order valence-corrected chi connectivity index (χ0v) is 9.51. The van der Waals surface area contributed by atoms with Gasteiger partial charge in [0.15, 0.2) is 0 Å². The standard InChI is InChI=1S/C11H24N2O/c1-3-4-11(9-14-2)13-10-5-7-12-8-6-10/h10-13H,3-9H2,1-2H3. The van der Waals surface area contributed by atoms with E-state index in [-0.39, 0.29) is 0 Å². The lowest BCUT2D eigenvalue weighted by molar-refractivity contribution is 0.152. The molecule has 2 N–H and O–H groups in total. The van der Waals surface area contributed by atoms with Crippen molar-refractivity contribution in [2.45, 2.75) is 44.7 Å². The molecule has 14 heavy (non-hydrogen) atoms. The van der Waals surface area contributed by atoms with Crippen molar-refractivity contribution in [3.63, 3.8) is 0 Å². The first-order valence-electron chi connectivity index (χ1n) is 5.82. The van der Waals surface area contributed by atoms with Gasteiger partial charge in [0.25, 0.3) is 0 Å². The maximum atomic E-state index is 5.22. The van der Waals surface area contributed by atoms with Gasteiger partial charge < -0.3 is 15.4 Å². The maximum absolute atomic E-state index is 5.22. The van der Waals surface area contributed by atoms with E-state index in [1.54, 1.807) is 7.11 Å². The molecular weight excluding hydrogens is 176 g/mol. The number of hydrogen-bond donors (Lipinski definition) is 2. The van der Waals surface area contributed by atoms with Gasteiger partial charge in [-0.05, 0) is 32.4 Å². The lowest BCUT2D eigenvalue weighted by atomic mass is 10.0. The molecule has 3 heteroatoms. The largest absolute Gasteiger partial charge is 0.383 e. The Morgan fingerprint density at radius 2 is 2.14 bits per heavy atom. The minimum Gasteiger partial charge on any atom is -0.383 e. The fraction of sp³-hybridized carbons (Fsp3) is 1.00. The molecule has 1 heterocycles. The van der Waals surface area contributed by atoms with Crippen LogP contribution in [0.2, 0.25) is 0 Å². The van der Waals surface area contributed by atoms with E-state index >= 15 is 0 Å². The molecule has 0 spiro atoms. The topological polar surface area (TPSA) is 33.3 Å². The number of piperidine rings is 1. The van der Waals surface area contributed by atoms with E-state index < -0.39 is 0 Å². The van der Waals surface area contributed by atoms with Crippen molar-refractivity contribution in [1.29, 1.82) is 0 Å². The highest BCUT2D eigenvalue weighted by molar-refractivity contribution is 4.78. The average molecular weight is 200 g/mol. The molecule has 1 aliphatic rings. The fourth-order valence-electron chi connectivity index (χ4n) is 2.09. The van der Waals surface area contributed by atoms with Crippen LogP contribution >= 0.6 is 0 Å². The Kier molecular flexibility index (Phi) is 6.15. The second kappa shape index (κ2) is 7.21. The minimum atomic E-state index is 0.549. The van der Waals surface area contributed by atoms with Crippen LogP contribution in [-0.2, 0) is 4.74 Å². The second-order valence-electron chi connectivity index (χ2n) is 4.13. The van der Waals surface area contributed by atoms with Crippen molar-refractivity contribution in [2.24, 2.45) is 0 Å². The van der Waals surface area contributed by atoms with E-state index in [1.165, 1.54) is 25.7 Å². The summed E-state index contributed by atoms with van der Waals surface area (Å²) in [5, 5.41) is 7.07. The molecule has 0 aromatic heterocycles. The fourth-order valence-corrected chi connectivity index (χ4v) is 2.09. The quantitative estimate of drug-likeness (QED) is 0.674. The summed E-state index contributed by atoms with van der Waals surface area (Å²) in [4.78, 5) is 0. The highest BCUT2D eigenvalue weighted by Gasteiger charge is 2.16. The van der Waals surface area contributed by atoms with Crippen LogP contribution in [0.4, 0.5) is 0 Å². The van der Waals surface area contributed by atoms with Crippen molar-refractivity contribution >= 4 is 0 Å². The van der Waals surface area contributed by atoms with Crippen LogP contribution in [0.3, 0.4) is 0 Å². The van der Waals surface area contributed by atoms with Gasteiger partial charge in [-0.3, -0.25) is 0 Å². The number of hydrogen-bond acceptors (Lipinski definition) is 3. The summed E-state index contributed by atoms with van der Waals surface area (Å²) in [5.74, 6) is 0.